The third-order valence-corrected chi connectivity index (χ3v) is 8.34. The Bertz CT molecular complexity index is 1350. The Morgan fingerprint density at radius 1 is 1.09 bits per heavy atom. The summed E-state index contributed by atoms with van der Waals surface area (Å²) in [5, 5.41) is 10.1. The van der Waals surface area contributed by atoms with Gasteiger partial charge in [0.05, 0.1) is 36.7 Å². The van der Waals surface area contributed by atoms with Crippen molar-refractivity contribution in [2.24, 2.45) is 5.92 Å². The molecule has 0 saturated heterocycles. The number of amides is 1. The number of rotatable bonds is 8. The zero-order valence-corrected chi connectivity index (χ0v) is 26.6. The molecule has 0 fully saturated rings. The Morgan fingerprint density at radius 2 is 1.84 bits per heavy atom. The van der Waals surface area contributed by atoms with Crippen molar-refractivity contribution in [2.45, 2.75) is 64.8 Å². The van der Waals surface area contributed by atoms with Gasteiger partial charge in [-0.2, -0.15) is 0 Å². The number of carbonyl (C=O) groups excluding carboxylic acids is 1. The van der Waals surface area contributed by atoms with E-state index in [9.17, 15) is 18.3 Å². The molecular weight excluding hydrogens is 574 g/mol. The second-order valence-electron chi connectivity index (χ2n) is 11.8. The number of anilines is 1. The van der Waals surface area contributed by atoms with Crippen LogP contribution >= 0.6 is 0 Å². The van der Waals surface area contributed by atoms with Crippen molar-refractivity contribution >= 4 is 21.6 Å². The van der Waals surface area contributed by atoms with Crippen molar-refractivity contribution < 1.29 is 37.3 Å². The molecule has 0 radical (unpaired) electrons. The molecule has 0 aromatic heterocycles. The number of hydrogen-bond acceptors (Lipinski definition) is 9. The van der Waals surface area contributed by atoms with Gasteiger partial charge in [-0.3, -0.25) is 14.4 Å². The normalized spacial score (nSPS) is 22.4. The summed E-state index contributed by atoms with van der Waals surface area (Å²) in [6.07, 6.45) is 3.22. The summed E-state index contributed by atoms with van der Waals surface area (Å²) in [4.78, 5) is 17.9. The summed E-state index contributed by atoms with van der Waals surface area (Å²) in [6, 6.07) is 10.2. The van der Waals surface area contributed by atoms with Crippen LogP contribution in [0.5, 0.6) is 17.2 Å². The van der Waals surface area contributed by atoms with Crippen molar-refractivity contribution in [3.05, 3.63) is 47.5 Å². The third kappa shape index (κ3) is 9.21. The number of aliphatic hydroxyl groups is 1. The van der Waals surface area contributed by atoms with E-state index in [1.807, 2.05) is 32.2 Å². The Kier molecular flexibility index (Phi) is 11.2. The van der Waals surface area contributed by atoms with Gasteiger partial charge < -0.3 is 29.0 Å². The van der Waals surface area contributed by atoms with Crippen LogP contribution in [-0.4, -0.2) is 93.9 Å². The van der Waals surface area contributed by atoms with Crippen LogP contribution in [-0.2, 0) is 21.3 Å². The van der Waals surface area contributed by atoms with Crippen molar-refractivity contribution in [1.29, 1.82) is 0 Å². The van der Waals surface area contributed by atoms with Gasteiger partial charge in [-0.05, 0) is 76.1 Å². The van der Waals surface area contributed by atoms with Crippen molar-refractivity contribution in [2.75, 3.05) is 51.1 Å². The zero-order valence-electron chi connectivity index (χ0n) is 25.7. The number of fused-ring (bicyclic) bond motifs is 2. The van der Waals surface area contributed by atoms with E-state index in [2.05, 4.69) is 16.5 Å². The molecule has 4 rings (SSSR count). The minimum atomic E-state index is -3.56. The Morgan fingerprint density at radius 3 is 2.58 bits per heavy atom. The topological polar surface area (TPSA) is 127 Å². The van der Waals surface area contributed by atoms with Crippen LogP contribution in [0.25, 0.3) is 0 Å². The summed E-state index contributed by atoms with van der Waals surface area (Å²) in [6.45, 7) is 8.00. The maximum atomic E-state index is 14.1. The fourth-order valence-electron chi connectivity index (χ4n) is 5.39. The molecule has 11 nitrogen and oxygen atoms in total. The SMILES string of the molecule is C[C@H](CO)N1C[C@H](C)[C@H](CN(C)Cc2ccc3c(c2)OCO3)OCCCC[C@H](C)Oc2ccc(NS(C)(=O)=O)cc2C1=O. The molecule has 2 aliphatic heterocycles. The number of hydrogen-bond donors (Lipinski definition) is 2. The first-order chi connectivity index (χ1) is 20.4. The lowest BCUT2D eigenvalue weighted by molar-refractivity contribution is -0.0177. The molecule has 1 amide bonds. The molecule has 0 saturated carbocycles. The number of aliphatic hydroxyl groups excluding tert-OH is 1. The van der Waals surface area contributed by atoms with E-state index in [0.717, 1.165) is 42.6 Å². The maximum Gasteiger partial charge on any atom is 0.258 e. The fourth-order valence-corrected chi connectivity index (χ4v) is 5.94. The Hall–Kier alpha value is -3.06. The van der Waals surface area contributed by atoms with Gasteiger partial charge in [0.25, 0.3) is 5.91 Å². The summed E-state index contributed by atoms with van der Waals surface area (Å²) in [7, 11) is -1.52. The van der Waals surface area contributed by atoms with Gasteiger partial charge in [-0.15, -0.1) is 0 Å². The number of likely N-dealkylation sites (N-methyl/N-ethyl adjacent to an activating group) is 1. The van der Waals surface area contributed by atoms with E-state index < -0.39 is 16.1 Å². The molecule has 2 aliphatic rings. The van der Waals surface area contributed by atoms with Gasteiger partial charge in [0.2, 0.25) is 16.8 Å². The van der Waals surface area contributed by atoms with Gasteiger partial charge in [0.1, 0.15) is 5.75 Å². The van der Waals surface area contributed by atoms with Gasteiger partial charge in [0.15, 0.2) is 11.5 Å². The van der Waals surface area contributed by atoms with Gasteiger partial charge in [-0.25, -0.2) is 8.42 Å². The minimum absolute atomic E-state index is 0.0827. The predicted molar refractivity (Wildman–Crippen MR) is 164 cm³/mol. The molecule has 238 valence electrons. The number of sulfonamides is 1. The molecule has 2 aromatic carbocycles. The van der Waals surface area contributed by atoms with Crippen LogP contribution in [0.15, 0.2) is 36.4 Å². The molecule has 43 heavy (non-hydrogen) atoms. The van der Waals surface area contributed by atoms with Crippen LogP contribution in [0.1, 0.15) is 56.0 Å². The first-order valence-corrected chi connectivity index (χ1v) is 16.7. The molecular formula is C31H45N3O8S. The Balaban J connectivity index is 1.59. The first-order valence-electron chi connectivity index (χ1n) is 14.8. The van der Waals surface area contributed by atoms with E-state index in [-0.39, 0.29) is 48.7 Å². The van der Waals surface area contributed by atoms with E-state index in [0.29, 0.717) is 32.0 Å². The van der Waals surface area contributed by atoms with E-state index in [1.54, 1.807) is 24.0 Å². The molecule has 0 aliphatic carbocycles. The quantitative estimate of drug-likeness (QED) is 0.455. The lowest BCUT2D eigenvalue weighted by Crippen LogP contribution is -2.47. The van der Waals surface area contributed by atoms with Crippen molar-refractivity contribution in [1.82, 2.24) is 9.80 Å². The van der Waals surface area contributed by atoms with E-state index >= 15 is 0 Å². The van der Waals surface area contributed by atoms with E-state index in [4.69, 9.17) is 18.9 Å². The summed E-state index contributed by atoms with van der Waals surface area (Å²) in [5.74, 6) is 1.44. The van der Waals surface area contributed by atoms with Crippen LogP contribution in [0.3, 0.4) is 0 Å². The van der Waals surface area contributed by atoms with Crippen LogP contribution in [0.2, 0.25) is 0 Å². The minimum Gasteiger partial charge on any atom is -0.490 e. The standard InChI is InChI=1S/C31H45N3O8S/c1-21-16-34(22(2)19-35)31(36)26-15-25(32-43(5,37)38)10-12-27(26)42-23(3)8-6-7-13-39-30(21)18-33(4)17-24-9-11-28-29(14-24)41-20-40-28/h9-12,14-15,21-23,30,32,35H,6-8,13,16-20H2,1-5H3/t21-,22+,23-,30-/m0/s1. The molecule has 4 atom stereocenters. The molecule has 2 aromatic rings. The van der Waals surface area contributed by atoms with Crippen molar-refractivity contribution in [3.8, 4) is 17.2 Å². The summed E-state index contributed by atoms with van der Waals surface area (Å²) < 4.78 is 49.9. The second kappa shape index (κ2) is 14.6. The van der Waals surface area contributed by atoms with Crippen LogP contribution < -0.4 is 18.9 Å². The molecule has 0 bridgehead atoms. The van der Waals surface area contributed by atoms with Crippen molar-refractivity contribution in [3.63, 3.8) is 0 Å². The Labute approximate surface area is 255 Å². The molecule has 2 heterocycles. The number of nitrogens with one attached hydrogen (secondary N) is 1. The van der Waals surface area contributed by atoms with Crippen LogP contribution in [0, 0.1) is 5.92 Å². The molecule has 12 heteroatoms. The molecule has 0 unspecified atom stereocenters. The first kappa shape index (κ1) is 32.8. The highest BCUT2D eigenvalue weighted by Gasteiger charge is 2.30. The lowest BCUT2D eigenvalue weighted by Gasteiger charge is -2.36. The molecule has 2 N–H and O–H groups in total. The average Bonchev–Trinajstić information content (AvgIpc) is 3.41. The van der Waals surface area contributed by atoms with Crippen LogP contribution in [0.4, 0.5) is 5.69 Å². The van der Waals surface area contributed by atoms with Gasteiger partial charge in [0, 0.05) is 37.8 Å². The number of nitrogens with zero attached hydrogens (tertiary/aromatic N) is 2. The number of carbonyl (C=O) groups is 1. The predicted octanol–water partition coefficient (Wildman–Crippen LogP) is 3.71. The fraction of sp³-hybridized carbons (Fsp3) is 0.581. The maximum absolute atomic E-state index is 14.1. The highest BCUT2D eigenvalue weighted by molar-refractivity contribution is 7.92. The highest BCUT2D eigenvalue weighted by atomic mass is 32.2. The van der Waals surface area contributed by atoms with Gasteiger partial charge >= 0.3 is 0 Å². The summed E-state index contributed by atoms with van der Waals surface area (Å²) >= 11 is 0. The lowest BCUT2D eigenvalue weighted by atomic mass is 10.0. The average molecular weight is 620 g/mol. The largest absolute Gasteiger partial charge is 0.490 e. The monoisotopic (exact) mass is 619 g/mol. The number of benzene rings is 2. The summed E-state index contributed by atoms with van der Waals surface area (Å²) in [5.41, 5.74) is 1.60. The smallest absolute Gasteiger partial charge is 0.258 e. The highest BCUT2D eigenvalue weighted by Crippen LogP contribution is 2.33. The second-order valence-corrected chi connectivity index (χ2v) is 13.5. The van der Waals surface area contributed by atoms with Gasteiger partial charge in [-0.1, -0.05) is 13.0 Å². The van der Waals surface area contributed by atoms with E-state index in [1.165, 1.54) is 6.07 Å². The third-order valence-electron chi connectivity index (χ3n) is 7.74. The number of ether oxygens (including phenoxy) is 4. The zero-order chi connectivity index (χ0) is 31.1. The molecule has 0 spiro atoms.